The number of hydrogen-bond acceptors (Lipinski definition) is 4. The summed E-state index contributed by atoms with van der Waals surface area (Å²) in [4.78, 5) is 6.72. The van der Waals surface area contributed by atoms with E-state index in [0.717, 1.165) is 44.1 Å². The maximum Gasteiger partial charge on any atom is 0.245 e. The van der Waals surface area contributed by atoms with Gasteiger partial charge in [-0.15, -0.1) is 5.10 Å². The molecule has 1 aromatic heterocycles. The number of nitrogens with zero attached hydrogens (tertiary/aromatic N) is 3. The molecule has 0 unspecified atom stereocenters. The summed E-state index contributed by atoms with van der Waals surface area (Å²) in [5.74, 6) is 1.40. The van der Waals surface area contributed by atoms with E-state index < -0.39 is 0 Å². The Labute approximate surface area is 127 Å². The molecular weight excluding hydrogens is 297 g/mol. The first-order valence-electron chi connectivity index (χ1n) is 6.57. The lowest BCUT2D eigenvalue weighted by atomic mass is 10.2. The van der Waals surface area contributed by atoms with Crippen molar-refractivity contribution in [2.75, 3.05) is 31.1 Å². The van der Waals surface area contributed by atoms with Crippen molar-refractivity contribution in [3.8, 4) is 11.4 Å². The second kappa shape index (κ2) is 5.99. The largest absolute Gasteiger partial charge is 0.338 e. The molecule has 20 heavy (non-hydrogen) atoms. The molecule has 0 amide bonds. The lowest BCUT2D eigenvalue weighted by molar-refractivity contribution is 0.724. The molecule has 0 aliphatic carbocycles. The van der Waals surface area contributed by atoms with Gasteiger partial charge in [-0.25, -0.2) is 0 Å². The lowest BCUT2D eigenvalue weighted by Gasteiger charge is -2.16. The number of H-pyrrole nitrogens is 1. The second-order valence-corrected chi connectivity index (χ2v) is 5.61. The summed E-state index contributed by atoms with van der Waals surface area (Å²) in [6.07, 6.45) is 1.09. The molecule has 1 fully saturated rings. The highest BCUT2D eigenvalue weighted by molar-refractivity contribution is 6.35. The molecule has 1 aromatic carbocycles. The first-order valence-corrected chi connectivity index (χ1v) is 7.32. The maximum atomic E-state index is 6.01. The molecule has 2 N–H and O–H groups in total. The van der Waals surface area contributed by atoms with Gasteiger partial charge in [0.1, 0.15) is 0 Å². The van der Waals surface area contributed by atoms with E-state index in [-0.39, 0.29) is 0 Å². The van der Waals surface area contributed by atoms with Crippen molar-refractivity contribution in [3.05, 3.63) is 28.2 Å². The molecule has 1 aliphatic rings. The summed E-state index contributed by atoms with van der Waals surface area (Å²) in [6, 6.07) is 5.34. The fraction of sp³-hybridized carbons (Fsp3) is 0.385. The third-order valence-corrected chi connectivity index (χ3v) is 3.67. The Morgan fingerprint density at radius 1 is 1.05 bits per heavy atom. The van der Waals surface area contributed by atoms with Gasteiger partial charge < -0.3 is 10.2 Å². The van der Waals surface area contributed by atoms with Crippen LogP contribution in [0.5, 0.6) is 0 Å². The molecule has 0 saturated carbocycles. The molecule has 0 spiro atoms. The minimum absolute atomic E-state index is 0.587. The van der Waals surface area contributed by atoms with Gasteiger partial charge in [0, 0.05) is 35.2 Å². The van der Waals surface area contributed by atoms with Crippen LogP contribution in [0.2, 0.25) is 10.0 Å². The van der Waals surface area contributed by atoms with Gasteiger partial charge in [0.15, 0.2) is 5.82 Å². The fourth-order valence-corrected chi connectivity index (χ4v) is 2.79. The Hall–Kier alpha value is -1.30. The van der Waals surface area contributed by atoms with E-state index in [2.05, 4.69) is 25.4 Å². The maximum absolute atomic E-state index is 6.01. The molecule has 0 atom stereocenters. The minimum Gasteiger partial charge on any atom is -0.338 e. The quantitative estimate of drug-likeness (QED) is 0.895. The van der Waals surface area contributed by atoms with Crippen LogP contribution < -0.4 is 10.2 Å². The van der Waals surface area contributed by atoms with Crippen molar-refractivity contribution < 1.29 is 0 Å². The third kappa shape index (κ3) is 3.06. The molecule has 7 heteroatoms. The average molecular weight is 312 g/mol. The van der Waals surface area contributed by atoms with Gasteiger partial charge in [0.05, 0.1) is 0 Å². The van der Waals surface area contributed by atoms with Crippen LogP contribution in [0, 0.1) is 0 Å². The van der Waals surface area contributed by atoms with E-state index in [1.54, 1.807) is 6.07 Å². The van der Waals surface area contributed by atoms with E-state index in [9.17, 15) is 0 Å². The molecule has 2 aromatic rings. The van der Waals surface area contributed by atoms with E-state index in [0.29, 0.717) is 15.9 Å². The number of rotatable bonds is 2. The topological polar surface area (TPSA) is 56.8 Å². The van der Waals surface area contributed by atoms with Crippen molar-refractivity contribution in [2.24, 2.45) is 0 Å². The number of anilines is 1. The van der Waals surface area contributed by atoms with Gasteiger partial charge in [0.2, 0.25) is 5.95 Å². The highest BCUT2D eigenvalue weighted by Crippen LogP contribution is 2.25. The highest BCUT2D eigenvalue weighted by Gasteiger charge is 2.15. The Kier molecular flexibility index (Phi) is 4.10. The number of nitrogens with one attached hydrogen (secondary N) is 2. The summed E-state index contributed by atoms with van der Waals surface area (Å²) < 4.78 is 0. The zero-order valence-corrected chi connectivity index (χ0v) is 12.4. The smallest absolute Gasteiger partial charge is 0.245 e. The van der Waals surface area contributed by atoms with E-state index in [1.165, 1.54) is 0 Å². The van der Waals surface area contributed by atoms with Crippen LogP contribution in [0.25, 0.3) is 11.4 Å². The molecule has 0 radical (unpaired) electrons. The fourth-order valence-electron chi connectivity index (χ4n) is 2.26. The molecule has 1 aliphatic heterocycles. The number of aromatic nitrogens is 3. The zero-order valence-electron chi connectivity index (χ0n) is 10.9. The van der Waals surface area contributed by atoms with Crippen LogP contribution in [0.15, 0.2) is 18.2 Å². The number of benzene rings is 1. The summed E-state index contributed by atoms with van der Waals surface area (Å²) in [7, 11) is 0. The van der Waals surface area contributed by atoms with E-state index >= 15 is 0 Å². The third-order valence-electron chi connectivity index (χ3n) is 3.23. The van der Waals surface area contributed by atoms with Crippen LogP contribution >= 0.6 is 23.2 Å². The summed E-state index contributed by atoms with van der Waals surface area (Å²) in [5.41, 5.74) is 0.842. The Bertz CT molecular complexity index is 570. The van der Waals surface area contributed by atoms with Gasteiger partial charge >= 0.3 is 0 Å². The van der Waals surface area contributed by atoms with Gasteiger partial charge in [-0.1, -0.05) is 23.2 Å². The molecule has 1 saturated heterocycles. The first-order chi connectivity index (χ1) is 9.72. The number of hydrogen-bond donors (Lipinski definition) is 2. The Balaban J connectivity index is 1.85. The lowest BCUT2D eigenvalue weighted by Crippen LogP contribution is -2.28. The SMILES string of the molecule is Clc1cc(Cl)cc(-c2nc(N3CCCNCC3)n[nH]2)c1. The van der Waals surface area contributed by atoms with Crippen molar-refractivity contribution in [1.29, 1.82) is 0 Å². The standard InChI is InChI=1S/C13H15Cl2N5/c14-10-6-9(7-11(15)8-10)12-17-13(19-18-12)20-4-1-2-16-3-5-20/h6-8,16H,1-5H2,(H,17,18,19). The monoisotopic (exact) mass is 311 g/mol. The van der Waals surface area contributed by atoms with E-state index in [4.69, 9.17) is 23.2 Å². The normalized spacial score (nSPS) is 16.2. The van der Waals surface area contributed by atoms with Crippen molar-refractivity contribution >= 4 is 29.2 Å². The van der Waals surface area contributed by atoms with Gasteiger partial charge in [-0.05, 0) is 31.2 Å². The second-order valence-electron chi connectivity index (χ2n) is 4.73. The van der Waals surface area contributed by atoms with Crippen LogP contribution in [0.1, 0.15) is 6.42 Å². The predicted octanol–water partition coefficient (Wildman–Crippen LogP) is 2.58. The van der Waals surface area contributed by atoms with Gasteiger partial charge in [-0.2, -0.15) is 4.98 Å². The molecule has 106 valence electrons. The van der Waals surface area contributed by atoms with Crippen LogP contribution in [0.4, 0.5) is 5.95 Å². The Morgan fingerprint density at radius 2 is 1.85 bits per heavy atom. The Morgan fingerprint density at radius 3 is 2.65 bits per heavy atom. The van der Waals surface area contributed by atoms with Crippen molar-refractivity contribution in [1.82, 2.24) is 20.5 Å². The zero-order chi connectivity index (χ0) is 13.9. The summed E-state index contributed by atoms with van der Waals surface area (Å²) in [6.45, 7) is 3.86. The van der Waals surface area contributed by atoms with Crippen LogP contribution in [0.3, 0.4) is 0 Å². The number of halogens is 2. The summed E-state index contributed by atoms with van der Waals surface area (Å²) >= 11 is 12.0. The predicted molar refractivity (Wildman–Crippen MR) is 81.5 cm³/mol. The van der Waals surface area contributed by atoms with Gasteiger partial charge in [-0.3, -0.25) is 5.10 Å². The molecule has 5 nitrogen and oxygen atoms in total. The highest BCUT2D eigenvalue weighted by atomic mass is 35.5. The molecule has 2 heterocycles. The van der Waals surface area contributed by atoms with Crippen LogP contribution in [-0.4, -0.2) is 41.4 Å². The van der Waals surface area contributed by atoms with E-state index in [1.807, 2.05) is 12.1 Å². The molecule has 3 rings (SSSR count). The van der Waals surface area contributed by atoms with Crippen molar-refractivity contribution in [2.45, 2.75) is 6.42 Å². The molecule has 0 bridgehead atoms. The number of aromatic amines is 1. The summed E-state index contributed by atoms with van der Waals surface area (Å²) in [5, 5.41) is 11.8. The van der Waals surface area contributed by atoms with Crippen molar-refractivity contribution in [3.63, 3.8) is 0 Å². The first kappa shape index (κ1) is 13.7. The van der Waals surface area contributed by atoms with Gasteiger partial charge in [0.25, 0.3) is 0 Å². The average Bonchev–Trinajstić information content (AvgIpc) is 2.74. The molecular formula is C13H15Cl2N5. The van der Waals surface area contributed by atoms with Crippen LogP contribution in [-0.2, 0) is 0 Å². The minimum atomic E-state index is 0.587.